The van der Waals surface area contributed by atoms with Gasteiger partial charge in [0.15, 0.2) is 0 Å². The summed E-state index contributed by atoms with van der Waals surface area (Å²) in [4.78, 5) is 4.96. The summed E-state index contributed by atoms with van der Waals surface area (Å²) in [6.45, 7) is 8.32. The van der Waals surface area contributed by atoms with Crippen LogP contribution in [-0.4, -0.2) is 68.7 Å². The van der Waals surface area contributed by atoms with Gasteiger partial charge in [0, 0.05) is 32.2 Å². The molecular weight excluding hydrogens is 212 g/mol. The molecule has 0 aromatic heterocycles. The minimum Gasteiger partial charge on any atom is -0.327 e. The maximum atomic E-state index is 6.35. The molecule has 0 spiro atoms. The van der Waals surface area contributed by atoms with E-state index in [1.165, 1.54) is 52.0 Å². The molecule has 0 amide bonds. The van der Waals surface area contributed by atoms with Crippen molar-refractivity contribution in [1.82, 2.24) is 15.1 Å². The summed E-state index contributed by atoms with van der Waals surface area (Å²) in [5.41, 5.74) is 6.35. The zero-order valence-electron chi connectivity index (χ0n) is 11.2. The first kappa shape index (κ1) is 13.3. The standard InChI is InChI=1S/C13H28N4/c1-16-7-2-12(3-8-16)13(14)4-9-17-10-5-15-6-11-17/h12-13,15H,2-11,14H2,1H3. The molecule has 0 saturated carbocycles. The molecule has 1 atom stereocenters. The second kappa shape index (κ2) is 6.69. The zero-order chi connectivity index (χ0) is 12.1. The van der Waals surface area contributed by atoms with Gasteiger partial charge in [-0.3, -0.25) is 0 Å². The maximum Gasteiger partial charge on any atom is 0.0107 e. The third kappa shape index (κ3) is 4.21. The van der Waals surface area contributed by atoms with E-state index in [0.717, 1.165) is 19.0 Å². The molecule has 4 nitrogen and oxygen atoms in total. The van der Waals surface area contributed by atoms with Crippen molar-refractivity contribution in [2.24, 2.45) is 11.7 Å². The van der Waals surface area contributed by atoms with Crippen molar-refractivity contribution >= 4 is 0 Å². The highest BCUT2D eigenvalue weighted by molar-refractivity contribution is 4.80. The van der Waals surface area contributed by atoms with E-state index in [2.05, 4.69) is 22.2 Å². The average molecular weight is 240 g/mol. The second-order valence-corrected chi connectivity index (χ2v) is 5.68. The Bertz CT molecular complexity index is 207. The van der Waals surface area contributed by atoms with Crippen LogP contribution in [0, 0.1) is 5.92 Å². The third-order valence-corrected chi connectivity index (χ3v) is 4.36. The molecule has 0 aromatic carbocycles. The second-order valence-electron chi connectivity index (χ2n) is 5.68. The SMILES string of the molecule is CN1CCC(C(N)CCN2CCNCC2)CC1. The van der Waals surface area contributed by atoms with Crippen LogP contribution in [0.3, 0.4) is 0 Å². The number of nitrogens with two attached hydrogens (primary N) is 1. The van der Waals surface area contributed by atoms with Gasteiger partial charge in [0.05, 0.1) is 0 Å². The van der Waals surface area contributed by atoms with Crippen LogP contribution in [0.2, 0.25) is 0 Å². The molecule has 0 aromatic rings. The quantitative estimate of drug-likeness (QED) is 0.723. The number of likely N-dealkylation sites (tertiary alicyclic amines) is 1. The van der Waals surface area contributed by atoms with Crippen molar-refractivity contribution in [2.45, 2.75) is 25.3 Å². The monoisotopic (exact) mass is 240 g/mol. The molecular formula is C13H28N4. The van der Waals surface area contributed by atoms with E-state index >= 15 is 0 Å². The van der Waals surface area contributed by atoms with E-state index in [1.54, 1.807) is 0 Å². The molecule has 2 saturated heterocycles. The number of piperazine rings is 1. The van der Waals surface area contributed by atoms with Crippen LogP contribution in [0.5, 0.6) is 0 Å². The van der Waals surface area contributed by atoms with Gasteiger partial charge in [0.1, 0.15) is 0 Å². The molecule has 2 heterocycles. The lowest BCUT2D eigenvalue weighted by Crippen LogP contribution is -2.46. The van der Waals surface area contributed by atoms with E-state index in [1.807, 2.05) is 0 Å². The topological polar surface area (TPSA) is 44.5 Å². The summed E-state index contributed by atoms with van der Waals surface area (Å²) in [5, 5.41) is 3.39. The molecule has 100 valence electrons. The molecule has 17 heavy (non-hydrogen) atoms. The van der Waals surface area contributed by atoms with Gasteiger partial charge in [-0.25, -0.2) is 0 Å². The van der Waals surface area contributed by atoms with Crippen molar-refractivity contribution < 1.29 is 0 Å². The van der Waals surface area contributed by atoms with Gasteiger partial charge in [0.2, 0.25) is 0 Å². The molecule has 0 bridgehead atoms. The van der Waals surface area contributed by atoms with Crippen molar-refractivity contribution in [2.75, 3.05) is 52.9 Å². The van der Waals surface area contributed by atoms with E-state index in [-0.39, 0.29) is 0 Å². The Kier molecular flexibility index (Phi) is 5.22. The Morgan fingerprint density at radius 2 is 1.82 bits per heavy atom. The van der Waals surface area contributed by atoms with E-state index < -0.39 is 0 Å². The summed E-state index contributed by atoms with van der Waals surface area (Å²) >= 11 is 0. The fourth-order valence-electron chi connectivity index (χ4n) is 2.96. The number of hydrogen-bond donors (Lipinski definition) is 2. The molecule has 2 fully saturated rings. The van der Waals surface area contributed by atoms with Gasteiger partial charge < -0.3 is 20.9 Å². The van der Waals surface area contributed by atoms with Crippen LogP contribution >= 0.6 is 0 Å². The molecule has 2 rings (SSSR count). The highest BCUT2D eigenvalue weighted by Crippen LogP contribution is 2.20. The Morgan fingerprint density at radius 3 is 2.47 bits per heavy atom. The summed E-state index contributed by atoms with van der Waals surface area (Å²) < 4.78 is 0. The van der Waals surface area contributed by atoms with Gasteiger partial charge in [0.25, 0.3) is 0 Å². The Hall–Kier alpha value is -0.160. The lowest BCUT2D eigenvalue weighted by Gasteiger charge is -2.34. The predicted octanol–water partition coefficient (Wildman–Crippen LogP) is -0.0492. The number of nitrogens with one attached hydrogen (secondary N) is 1. The van der Waals surface area contributed by atoms with Gasteiger partial charge in [-0.1, -0.05) is 0 Å². The van der Waals surface area contributed by atoms with Gasteiger partial charge >= 0.3 is 0 Å². The first-order valence-corrected chi connectivity index (χ1v) is 7.13. The maximum absolute atomic E-state index is 6.35. The summed E-state index contributed by atoms with van der Waals surface area (Å²) in [5.74, 6) is 0.758. The van der Waals surface area contributed by atoms with E-state index in [4.69, 9.17) is 5.73 Å². The number of nitrogens with zero attached hydrogens (tertiary/aromatic N) is 2. The van der Waals surface area contributed by atoms with Gasteiger partial charge in [-0.2, -0.15) is 0 Å². The minimum atomic E-state index is 0.415. The lowest BCUT2D eigenvalue weighted by molar-refractivity contribution is 0.177. The predicted molar refractivity (Wildman–Crippen MR) is 72.1 cm³/mol. The third-order valence-electron chi connectivity index (χ3n) is 4.36. The first-order chi connectivity index (χ1) is 8.25. The van der Waals surface area contributed by atoms with Crippen LogP contribution in [-0.2, 0) is 0 Å². The smallest absolute Gasteiger partial charge is 0.0107 e. The van der Waals surface area contributed by atoms with Crippen LogP contribution in [0.1, 0.15) is 19.3 Å². The highest BCUT2D eigenvalue weighted by Gasteiger charge is 2.23. The molecule has 1 unspecified atom stereocenters. The van der Waals surface area contributed by atoms with Crippen molar-refractivity contribution in [3.63, 3.8) is 0 Å². The Balaban J connectivity index is 1.64. The number of piperidine rings is 1. The minimum absolute atomic E-state index is 0.415. The Morgan fingerprint density at radius 1 is 1.18 bits per heavy atom. The average Bonchev–Trinajstić information content (AvgIpc) is 2.38. The normalized spacial score (nSPS) is 27.2. The lowest BCUT2D eigenvalue weighted by atomic mass is 9.88. The first-order valence-electron chi connectivity index (χ1n) is 7.13. The molecule has 3 N–H and O–H groups in total. The van der Waals surface area contributed by atoms with E-state index in [0.29, 0.717) is 6.04 Å². The Labute approximate surface area is 106 Å². The fourth-order valence-corrected chi connectivity index (χ4v) is 2.96. The summed E-state index contributed by atoms with van der Waals surface area (Å²) in [7, 11) is 2.21. The van der Waals surface area contributed by atoms with Crippen molar-refractivity contribution in [3.05, 3.63) is 0 Å². The molecule has 4 heteroatoms. The molecule has 0 aliphatic carbocycles. The molecule has 2 aliphatic rings. The van der Waals surface area contributed by atoms with E-state index in [9.17, 15) is 0 Å². The van der Waals surface area contributed by atoms with Gasteiger partial charge in [-0.05, 0) is 51.9 Å². The largest absolute Gasteiger partial charge is 0.327 e. The number of hydrogen-bond acceptors (Lipinski definition) is 4. The van der Waals surface area contributed by atoms with Gasteiger partial charge in [-0.15, -0.1) is 0 Å². The summed E-state index contributed by atoms with van der Waals surface area (Å²) in [6.07, 6.45) is 3.76. The van der Waals surface area contributed by atoms with Crippen LogP contribution in [0.15, 0.2) is 0 Å². The van der Waals surface area contributed by atoms with Crippen LogP contribution in [0.25, 0.3) is 0 Å². The fraction of sp³-hybridized carbons (Fsp3) is 1.00. The molecule has 0 radical (unpaired) electrons. The van der Waals surface area contributed by atoms with Crippen molar-refractivity contribution in [3.8, 4) is 0 Å². The van der Waals surface area contributed by atoms with Crippen LogP contribution < -0.4 is 11.1 Å². The highest BCUT2D eigenvalue weighted by atomic mass is 15.2. The number of rotatable bonds is 4. The van der Waals surface area contributed by atoms with Crippen LogP contribution in [0.4, 0.5) is 0 Å². The molecule has 2 aliphatic heterocycles. The zero-order valence-corrected chi connectivity index (χ0v) is 11.2. The summed E-state index contributed by atoms with van der Waals surface area (Å²) in [6, 6.07) is 0.415. The van der Waals surface area contributed by atoms with Crippen molar-refractivity contribution in [1.29, 1.82) is 0 Å².